The standard InChI is InChI=1S/C23H25ClN6O/c1-28-8-10-29(11-9-28)17-6-7-18-19(12-17)27-23(26-18)21-20(31)14-30(22(21)25)13-15-2-4-16(24)5-3-15/h2-7,12,25,31H,8-11,13-14H2,1H3,(H,26,27). The number of nitrogens with zero attached hydrogens (tertiary/aromatic N) is 4. The molecule has 2 aromatic carbocycles. The highest BCUT2D eigenvalue weighted by molar-refractivity contribution is 6.30. The fourth-order valence-electron chi connectivity index (χ4n) is 4.21. The van der Waals surface area contributed by atoms with Gasteiger partial charge in [-0.1, -0.05) is 23.7 Å². The van der Waals surface area contributed by atoms with Crippen LogP contribution < -0.4 is 4.90 Å². The highest BCUT2D eigenvalue weighted by atomic mass is 35.5. The van der Waals surface area contributed by atoms with Gasteiger partial charge in [0, 0.05) is 43.4 Å². The molecule has 3 heterocycles. The number of amidine groups is 1. The zero-order valence-electron chi connectivity index (χ0n) is 17.4. The zero-order chi connectivity index (χ0) is 21.5. The number of rotatable bonds is 4. The summed E-state index contributed by atoms with van der Waals surface area (Å²) in [5, 5.41) is 19.9. The molecule has 2 aliphatic rings. The number of likely N-dealkylation sites (N-methyl/N-ethyl adjacent to an activating group) is 1. The molecule has 0 bridgehead atoms. The van der Waals surface area contributed by atoms with Crippen LogP contribution in [0.25, 0.3) is 16.6 Å². The molecule has 0 spiro atoms. The second-order valence-electron chi connectivity index (χ2n) is 8.23. The first-order chi connectivity index (χ1) is 15.0. The molecule has 0 aliphatic carbocycles. The number of aromatic nitrogens is 2. The van der Waals surface area contributed by atoms with Crippen LogP contribution in [0, 0.1) is 5.41 Å². The quantitative estimate of drug-likeness (QED) is 0.580. The highest BCUT2D eigenvalue weighted by Crippen LogP contribution is 2.30. The van der Waals surface area contributed by atoms with Gasteiger partial charge in [-0.2, -0.15) is 0 Å². The van der Waals surface area contributed by atoms with E-state index in [0.717, 1.165) is 42.8 Å². The smallest absolute Gasteiger partial charge is 0.145 e. The van der Waals surface area contributed by atoms with E-state index in [4.69, 9.17) is 17.0 Å². The Labute approximate surface area is 186 Å². The number of H-pyrrole nitrogens is 1. The van der Waals surface area contributed by atoms with E-state index in [0.29, 0.717) is 29.5 Å². The Balaban J connectivity index is 1.37. The number of hydrogen-bond donors (Lipinski definition) is 3. The summed E-state index contributed by atoms with van der Waals surface area (Å²) in [6, 6.07) is 13.8. The molecule has 0 atom stereocenters. The van der Waals surface area contributed by atoms with Crippen LogP contribution in [0.1, 0.15) is 11.4 Å². The van der Waals surface area contributed by atoms with Gasteiger partial charge in [0.1, 0.15) is 17.4 Å². The molecule has 160 valence electrons. The van der Waals surface area contributed by atoms with Crippen molar-refractivity contribution in [3.05, 3.63) is 64.6 Å². The number of benzene rings is 2. The molecule has 1 saturated heterocycles. The van der Waals surface area contributed by atoms with Crippen LogP contribution in [0.3, 0.4) is 0 Å². The average Bonchev–Trinajstić information content (AvgIpc) is 3.29. The lowest BCUT2D eigenvalue weighted by atomic mass is 10.2. The molecule has 7 nitrogen and oxygen atoms in total. The number of nitrogens with one attached hydrogen (secondary N) is 2. The minimum atomic E-state index is 0.164. The van der Waals surface area contributed by atoms with Gasteiger partial charge in [0.2, 0.25) is 0 Å². The third kappa shape index (κ3) is 3.86. The van der Waals surface area contributed by atoms with Gasteiger partial charge in [-0.25, -0.2) is 4.98 Å². The Morgan fingerprint density at radius 2 is 1.84 bits per heavy atom. The van der Waals surface area contributed by atoms with Crippen molar-refractivity contribution >= 4 is 39.7 Å². The largest absolute Gasteiger partial charge is 0.510 e. The average molecular weight is 437 g/mol. The molecule has 5 rings (SSSR count). The van der Waals surface area contributed by atoms with Crippen LogP contribution in [0.15, 0.2) is 48.2 Å². The number of aliphatic hydroxyl groups is 1. The summed E-state index contributed by atoms with van der Waals surface area (Å²) in [5.74, 6) is 0.967. The molecule has 1 aromatic heterocycles. The minimum Gasteiger partial charge on any atom is -0.510 e. The topological polar surface area (TPSA) is 82.5 Å². The van der Waals surface area contributed by atoms with Crippen LogP contribution in [-0.4, -0.2) is 70.5 Å². The molecule has 31 heavy (non-hydrogen) atoms. The Morgan fingerprint density at radius 1 is 1.10 bits per heavy atom. The van der Waals surface area contributed by atoms with Crippen LogP contribution in [0.5, 0.6) is 0 Å². The molecule has 1 fully saturated rings. The first kappa shape index (κ1) is 19.9. The van der Waals surface area contributed by atoms with Gasteiger partial charge >= 0.3 is 0 Å². The predicted octanol–water partition coefficient (Wildman–Crippen LogP) is 3.73. The molecule has 0 saturated carbocycles. The van der Waals surface area contributed by atoms with E-state index in [2.05, 4.69) is 38.9 Å². The van der Waals surface area contributed by atoms with Crippen molar-refractivity contribution in [2.45, 2.75) is 6.54 Å². The minimum absolute atomic E-state index is 0.164. The lowest BCUT2D eigenvalue weighted by molar-refractivity contribution is 0.313. The van der Waals surface area contributed by atoms with E-state index in [-0.39, 0.29) is 11.6 Å². The van der Waals surface area contributed by atoms with Crippen molar-refractivity contribution in [3.8, 4) is 0 Å². The van der Waals surface area contributed by atoms with E-state index >= 15 is 0 Å². The van der Waals surface area contributed by atoms with E-state index in [1.165, 1.54) is 5.69 Å². The number of anilines is 1. The monoisotopic (exact) mass is 436 g/mol. The molecule has 2 aliphatic heterocycles. The molecule has 0 unspecified atom stereocenters. The van der Waals surface area contributed by atoms with Gasteiger partial charge in [-0.05, 0) is 42.9 Å². The van der Waals surface area contributed by atoms with Crippen molar-refractivity contribution in [1.82, 2.24) is 19.8 Å². The number of halogens is 1. The second-order valence-corrected chi connectivity index (χ2v) is 8.67. The number of piperazine rings is 1. The fourth-order valence-corrected chi connectivity index (χ4v) is 4.33. The number of aliphatic hydroxyl groups excluding tert-OH is 1. The Hall–Kier alpha value is -3.03. The summed E-state index contributed by atoms with van der Waals surface area (Å²) < 4.78 is 0. The fraction of sp³-hybridized carbons (Fsp3) is 0.304. The Kier molecular flexibility index (Phi) is 5.08. The van der Waals surface area contributed by atoms with Crippen LogP contribution >= 0.6 is 11.6 Å². The molecule has 0 radical (unpaired) electrons. The van der Waals surface area contributed by atoms with Gasteiger partial charge in [-0.3, -0.25) is 5.41 Å². The summed E-state index contributed by atoms with van der Waals surface area (Å²) >= 11 is 5.97. The number of aromatic amines is 1. The van der Waals surface area contributed by atoms with Crippen LogP contribution in [0.4, 0.5) is 5.69 Å². The van der Waals surface area contributed by atoms with E-state index in [1.807, 2.05) is 35.2 Å². The van der Waals surface area contributed by atoms with E-state index in [9.17, 15) is 5.11 Å². The van der Waals surface area contributed by atoms with Crippen molar-refractivity contribution < 1.29 is 5.11 Å². The maximum atomic E-state index is 10.6. The third-order valence-corrected chi connectivity index (χ3v) is 6.29. The normalized spacial score (nSPS) is 17.9. The number of imidazole rings is 1. The molecule has 8 heteroatoms. The van der Waals surface area contributed by atoms with Gasteiger partial charge in [0.25, 0.3) is 0 Å². The lowest BCUT2D eigenvalue weighted by Crippen LogP contribution is -2.44. The molecular formula is C23H25ClN6O. The summed E-state index contributed by atoms with van der Waals surface area (Å²) in [5.41, 5.74) is 4.41. The van der Waals surface area contributed by atoms with Crippen LogP contribution in [-0.2, 0) is 6.54 Å². The molecule has 0 amide bonds. The zero-order valence-corrected chi connectivity index (χ0v) is 18.2. The Bertz CT molecular complexity index is 1160. The lowest BCUT2D eigenvalue weighted by Gasteiger charge is -2.34. The molecule has 3 N–H and O–H groups in total. The van der Waals surface area contributed by atoms with Crippen molar-refractivity contribution in [2.75, 3.05) is 44.7 Å². The highest BCUT2D eigenvalue weighted by Gasteiger charge is 2.30. The summed E-state index contributed by atoms with van der Waals surface area (Å²) in [6.45, 7) is 4.91. The SMILES string of the molecule is CN1CCN(c2ccc3nc(C4=C(O)CN(Cc5ccc(Cl)cc5)C4=N)[nH]c3c2)CC1. The van der Waals surface area contributed by atoms with Crippen molar-refractivity contribution in [2.24, 2.45) is 0 Å². The van der Waals surface area contributed by atoms with Gasteiger partial charge in [0.15, 0.2) is 0 Å². The number of fused-ring (bicyclic) bond motifs is 1. The van der Waals surface area contributed by atoms with E-state index < -0.39 is 0 Å². The first-order valence-corrected chi connectivity index (χ1v) is 10.8. The maximum Gasteiger partial charge on any atom is 0.145 e. The van der Waals surface area contributed by atoms with Gasteiger partial charge in [0.05, 0.1) is 23.2 Å². The summed E-state index contributed by atoms with van der Waals surface area (Å²) in [4.78, 5) is 14.5. The van der Waals surface area contributed by atoms with Gasteiger partial charge in [-0.15, -0.1) is 0 Å². The number of hydrogen-bond acceptors (Lipinski definition) is 5. The second kappa shape index (κ2) is 7.90. The molecular weight excluding hydrogens is 412 g/mol. The third-order valence-electron chi connectivity index (χ3n) is 6.04. The Morgan fingerprint density at radius 3 is 2.58 bits per heavy atom. The van der Waals surface area contributed by atoms with E-state index in [1.54, 1.807) is 0 Å². The maximum absolute atomic E-state index is 10.6. The predicted molar refractivity (Wildman–Crippen MR) is 125 cm³/mol. The summed E-state index contributed by atoms with van der Waals surface area (Å²) in [6.07, 6.45) is 0. The van der Waals surface area contributed by atoms with Crippen molar-refractivity contribution in [1.29, 1.82) is 5.41 Å². The summed E-state index contributed by atoms with van der Waals surface area (Å²) in [7, 11) is 2.15. The van der Waals surface area contributed by atoms with Crippen molar-refractivity contribution in [3.63, 3.8) is 0 Å². The van der Waals surface area contributed by atoms with Crippen LogP contribution in [0.2, 0.25) is 5.02 Å². The molecule has 3 aromatic rings. The first-order valence-electron chi connectivity index (χ1n) is 10.4. The van der Waals surface area contributed by atoms with Gasteiger partial charge < -0.3 is 24.8 Å².